The number of hydrogen-bond donors (Lipinski definition) is 1. The molecule has 138 valence electrons. The standard InChI is InChI=1S/C20H25N3O2S/c1-26(2,3)13-12-25-15-23-14-19(16-8-10-21-11-9-16)20(22-23)17-4-6-18(24)7-5-17/h4-11,14,24H,12-13,15H2,1-3H3. The Hall–Kier alpha value is -2.31. The predicted octanol–water partition coefficient (Wildman–Crippen LogP) is 3.99. The molecule has 2 heterocycles. The van der Waals surface area contributed by atoms with Crippen LogP contribution in [0.2, 0.25) is 0 Å². The number of phenols is 1. The summed E-state index contributed by atoms with van der Waals surface area (Å²) in [6.45, 7) is 1.16. The number of aromatic hydroxyl groups is 1. The van der Waals surface area contributed by atoms with Crippen molar-refractivity contribution < 1.29 is 9.84 Å². The van der Waals surface area contributed by atoms with Gasteiger partial charge in [-0.25, -0.2) is 14.7 Å². The van der Waals surface area contributed by atoms with Crippen molar-refractivity contribution in [2.45, 2.75) is 6.73 Å². The van der Waals surface area contributed by atoms with Crippen molar-refractivity contribution in [3.05, 3.63) is 55.0 Å². The summed E-state index contributed by atoms with van der Waals surface area (Å²) in [5, 5.41) is 14.3. The van der Waals surface area contributed by atoms with E-state index >= 15 is 0 Å². The third-order valence-electron chi connectivity index (χ3n) is 3.96. The van der Waals surface area contributed by atoms with Gasteiger partial charge in [0.15, 0.2) is 0 Å². The number of aromatic nitrogens is 3. The van der Waals surface area contributed by atoms with Crippen molar-refractivity contribution >= 4 is 10.0 Å². The van der Waals surface area contributed by atoms with Gasteiger partial charge in [0.05, 0.1) is 6.61 Å². The van der Waals surface area contributed by atoms with Crippen LogP contribution in [0.4, 0.5) is 0 Å². The van der Waals surface area contributed by atoms with E-state index in [0.717, 1.165) is 34.7 Å². The summed E-state index contributed by atoms with van der Waals surface area (Å²) in [5.41, 5.74) is 3.88. The molecule has 0 unspecified atom stereocenters. The number of nitrogens with zero attached hydrogens (tertiary/aromatic N) is 3. The first-order chi connectivity index (χ1) is 12.4. The lowest BCUT2D eigenvalue weighted by atomic mass is 10.0. The van der Waals surface area contributed by atoms with E-state index in [-0.39, 0.29) is 5.75 Å². The monoisotopic (exact) mass is 371 g/mol. The lowest BCUT2D eigenvalue weighted by Gasteiger charge is -2.24. The average molecular weight is 372 g/mol. The van der Waals surface area contributed by atoms with Crippen LogP contribution in [0.15, 0.2) is 55.0 Å². The summed E-state index contributed by atoms with van der Waals surface area (Å²) >= 11 is 0. The molecule has 0 fully saturated rings. The van der Waals surface area contributed by atoms with Gasteiger partial charge < -0.3 is 9.84 Å². The Balaban J connectivity index is 1.85. The number of benzene rings is 1. The van der Waals surface area contributed by atoms with Crippen molar-refractivity contribution in [1.82, 2.24) is 14.8 Å². The Morgan fingerprint density at radius 1 is 1.00 bits per heavy atom. The van der Waals surface area contributed by atoms with E-state index < -0.39 is 10.0 Å². The molecule has 0 atom stereocenters. The third-order valence-corrected chi connectivity index (χ3v) is 5.35. The molecule has 3 aromatic rings. The van der Waals surface area contributed by atoms with Gasteiger partial charge >= 0.3 is 0 Å². The van der Waals surface area contributed by atoms with Gasteiger partial charge in [-0.05, 0) is 60.7 Å². The second-order valence-corrected chi connectivity index (χ2v) is 11.6. The molecule has 0 amide bonds. The molecule has 26 heavy (non-hydrogen) atoms. The maximum Gasteiger partial charge on any atom is 0.139 e. The summed E-state index contributed by atoms with van der Waals surface area (Å²) in [7, 11) is -0.557. The van der Waals surface area contributed by atoms with Crippen molar-refractivity contribution in [2.24, 2.45) is 0 Å². The minimum Gasteiger partial charge on any atom is -0.508 e. The summed E-state index contributed by atoms with van der Waals surface area (Å²) in [4.78, 5) is 4.09. The van der Waals surface area contributed by atoms with Crippen molar-refractivity contribution in [3.63, 3.8) is 0 Å². The molecule has 0 aliphatic carbocycles. The molecule has 1 N–H and O–H groups in total. The summed E-state index contributed by atoms with van der Waals surface area (Å²) in [6.07, 6.45) is 12.4. The fraction of sp³-hybridized carbons (Fsp3) is 0.300. The van der Waals surface area contributed by atoms with E-state index in [9.17, 15) is 5.11 Å². The molecule has 0 aliphatic heterocycles. The zero-order chi connectivity index (χ0) is 18.6. The molecule has 0 saturated carbocycles. The van der Waals surface area contributed by atoms with Gasteiger partial charge in [0.2, 0.25) is 0 Å². The summed E-state index contributed by atoms with van der Waals surface area (Å²) < 4.78 is 7.65. The first-order valence-corrected chi connectivity index (χ1v) is 11.5. The van der Waals surface area contributed by atoms with E-state index in [4.69, 9.17) is 9.84 Å². The third kappa shape index (κ3) is 4.86. The largest absolute Gasteiger partial charge is 0.508 e. The molecule has 0 spiro atoms. The molecule has 0 saturated heterocycles. The second-order valence-electron chi connectivity index (χ2n) is 7.05. The lowest BCUT2D eigenvalue weighted by molar-refractivity contribution is 0.0811. The van der Waals surface area contributed by atoms with Crippen LogP contribution in [0.5, 0.6) is 5.75 Å². The van der Waals surface area contributed by atoms with Gasteiger partial charge in [-0.1, -0.05) is 0 Å². The van der Waals surface area contributed by atoms with Gasteiger partial charge in [-0.2, -0.15) is 5.10 Å². The summed E-state index contributed by atoms with van der Waals surface area (Å²) in [6, 6.07) is 11.0. The molecule has 3 rings (SSSR count). The fourth-order valence-electron chi connectivity index (χ4n) is 2.53. The molecule has 1 aromatic carbocycles. The minimum absolute atomic E-state index is 0.242. The number of hydrogen-bond acceptors (Lipinski definition) is 4. The summed E-state index contributed by atoms with van der Waals surface area (Å²) in [5.74, 6) is 1.32. The first kappa shape index (κ1) is 18.5. The Bertz CT molecular complexity index is 840. The molecule has 0 aliphatic rings. The van der Waals surface area contributed by atoms with Crippen LogP contribution < -0.4 is 0 Å². The average Bonchev–Trinajstić information content (AvgIpc) is 3.04. The van der Waals surface area contributed by atoms with Crippen LogP contribution in [-0.2, 0) is 11.5 Å². The maximum absolute atomic E-state index is 9.55. The quantitative estimate of drug-likeness (QED) is 0.638. The smallest absolute Gasteiger partial charge is 0.139 e. The highest BCUT2D eigenvalue weighted by Gasteiger charge is 2.13. The Labute approximate surface area is 156 Å². The van der Waals surface area contributed by atoms with Crippen LogP contribution in [-0.4, -0.2) is 51.0 Å². The van der Waals surface area contributed by atoms with E-state index in [1.807, 2.05) is 35.1 Å². The van der Waals surface area contributed by atoms with Crippen LogP contribution >= 0.6 is 10.0 Å². The number of rotatable bonds is 7. The van der Waals surface area contributed by atoms with E-state index in [2.05, 4.69) is 23.8 Å². The maximum atomic E-state index is 9.55. The molecule has 2 aromatic heterocycles. The first-order valence-electron chi connectivity index (χ1n) is 8.43. The molecule has 0 bridgehead atoms. The Morgan fingerprint density at radius 2 is 1.69 bits per heavy atom. The van der Waals surface area contributed by atoms with Crippen LogP contribution in [0, 0.1) is 0 Å². The van der Waals surface area contributed by atoms with Crippen molar-refractivity contribution in [3.8, 4) is 28.1 Å². The van der Waals surface area contributed by atoms with E-state index in [1.165, 1.54) is 0 Å². The molecule has 6 heteroatoms. The van der Waals surface area contributed by atoms with Gasteiger partial charge in [0.1, 0.15) is 18.2 Å². The van der Waals surface area contributed by atoms with Gasteiger partial charge in [0.25, 0.3) is 0 Å². The van der Waals surface area contributed by atoms with Crippen LogP contribution in [0.3, 0.4) is 0 Å². The van der Waals surface area contributed by atoms with Gasteiger partial charge in [-0.15, -0.1) is 0 Å². The highest BCUT2D eigenvalue weighted by Crippen LogP contribution is 2.34. The minimum atomic E-state index is -0.557. The highest BCUT2D eigenvalue weighted by atomic mass is 32.3. The van der Waals surface area contributed by atoms with E-state index in [1.54, 1.807) is 24.5 Å². The molecular weight excluding hydrogens is 346 g/mol. The van der Waals surface area contributed by atoms with Gasteiger partial charge in [-0.3, -0.25) is 4.98 Å². The van der Waals surface area contributed by atoms with Gasteiger partial charge in [0, 0.05) is 35.5 Å². The predicted molar refractivity (Wildman–Crippen MR) is 109 cm³/mol. The molecule has 0 radical (unpaired) electrons. The topological polar surface area (TPSA) is 60.2 Å². The second kappa shape index (κ2) is 7.93. The fourth-order valence-corrected chi connectivity index (χ4v) is 3.15. The SMILES string of the molecule is CS(C)(C)CCOCn1cc(-c2ccncc2)c(-c2ccc(O)cc2)n1. The van der Waals surface area contributed by atoms with Crippen LogP contribution in [0.25, 0.3) is 22.4 Å². The molecular formula is C20H25N3O2S. The normalized spacial score (nSPS) is 12.3. The van der Waals surface area contributed by atoms with Crippen molar-refractivity contribution in [1.29, 1.82) is 0 Å². The van der Waals surface area contributed by atoms with E-state index in [0.29, 0.717) is 6.73 Å². The zero-order valence-corrected chi connectivity index (χ0v) is 16.2. The number of ether oxygens (including phenoxy) is 1. The number of phenolic OH excluding ortho intramolecular Hbond substituents is 1. The highest BCUT2D eigenvalue weighted by molar-refractivity contribution is 8.32. The van der Waals surface area contributed by atoms with Crippen molar-refractivity contribution in [2.75, 3.05) is 31.1 Å². The number of pyridine rings is 1. The Kier molecular flexibility index (Phi) is 5.64. The lowest BCUT2D eigenvalue weighted by Crippen LogP contribution is -2.10. The molecule has 5 nitrogen and oxygen atoms in total. The Morgan fingerprint density at radius 3 is 2.35 bits per heavy atom. The zero-order valence-electron chi connectivity index (χ0n) is 15.4. The van der Waals surface area contributed by atoms with Crippen LogP contribution in [0.1, 0.15) is 0 Å².